The molecule has 3 aliphatic heterocycles. The second-order valence-electron chi connectivity index (χ2n) is 8.43. The lowest BCUT2D eigenvalue weighted by Crippen LogP contribution is -2.62. The molecule has 1 aromatic rings. The Morgan fingerprint density at radius 1 is 1.16 bits per heavy atom. The Hall–Kier alpha value is -2.56. The zero-order valence-corrected chi connectivity index (χ0v) is 17.4. The van der Waals surface area contributed by atoms with Crippen molar-refractivity contribution in [3.05, 3.63) is 29.6 Å². The molecular weight excluding hydrogens is 434 g/mol. The first-order valence-corrected chi connectivity index (χ1v) is 10.6. The predicted molar refractivity (Wildman–Crippen MR) is 104 cm³/mol. The van der Waals surface area contributed by atoms with Gasteiger partial charge in [-0.15, -0.1) is 0 Å². The van der Waals surface area contributed by atoms with Crippen LogP contribution in [-0.2, 0) is 15.7 Å². The minimum absolute atomic E-state index is 0.0566. The lowest BCUT2D eigenvalue weighted by molar-refractivity contribution is -0.140. The van der Waals surface area contributed by atoms with E-state index in [1.165, 1.54) is 0 Å². The van der Waals surface area contributed by atoms with Gasteiger partial charge in [-0.2, -0.15) is 13.2 Å². The molecule has 176 valence electrons. The number of benzene rings is 1. The van der Waals surface area contributed by atoms with Gasteiger partial charge in [-0.05, 0) is 43.4 Å². The first-order valence-electron chi connectivity index (χ1n) is 10.6. The number of ether oxygens (including phenoxy) is 2. The summed E-state index contributed by atoms with van der Waals surface area (Å²) in [7, 11) is 0. The van der Waals surface area contributed by atoms with Gasteiger partial charge in [0.25, 0.3) is 0 Å². The number of carbonyl (C=O) groups is 2. The number of nitrogens with zero attached hydrogens (tertiary/aromatic N) is 2. The summed E-state index contributed by atoms with van der Waals surface area (Å²) in [6.07, 6.45) is -2.71. The van der Waals surface area contributed by atoms with E-state index in [0.29, 0.717) is 51.5 Å². The van der Waals surface area contributed by atoms with Gasteiger partial charge >= 0.3 is 12.2 Å². The summed E-state index contributed by atoms with van der Waals surface area (Å²) in [5, 5.41) is 2.88. The number of amides is 3. The van der Waals surface area contributed by atoms with Crippen LogP contribution in [-0.4, -0.2) is 73.3 Å². The number of fused-ring (bicyclic) bond motifs is 1. The fourth-order valence-electron chi connectivity index (χ4n) is 4.37. The second kappa shape index (κ2) is 9.13. The summed E-state index contributed by atoms with van der Waals surface area (Å²) in [4.78, 5) is 27.9. The summed E-state index contributed by atoms with van der Waals surface area (Å²) in [5.41, 5.74) is -1.06. The molecule has 32 heavy (non-hydrogen) atoms. The molecule has 3 heterocycles. The van der Waals surface area contributed by atoms with E-state index < -0.39 is 17.6 Å². The van der Waals surface area contributed by atoms with Gasteiger partial charge in [-0.1, -0.05) is 0 Å². The van der Waals surface area contributed by atoms with E-state index in [9.17, 15) is 27.2 Å². The molecule has 3 amide bonds. The molecule has 3 saturated heterocycles. The highest BCUT2D eigenvalue weighted by Crippen LogP contribution is 2.32. The van der Waals surface area contributed by atoms with Crippen LogP contribution in [0.15, 0.2) is 18.2 Å². The number of halogens is 4. The van der Waals surface area contributed by atoms with Crippen LogP contribution in [0, 0.1) is 11.7 Å². The largest absolute Gasteiger partial charge is 0.490 e. The first kappa shape index (κ1) is 22.6. The van der Waals surface area contributed by atoms with Crippen molar-refractivity contribution in [1.29, 1.82) is 0 Å². The predicted octanol–water partition coefficient (Wildman–Crippen LogP) is 2.64. The molecule has 0 bridgehead atoms. The van der Waals surface area contributed by atoms with Crippen LogP contribution >= 0.6 is 0 Å². The highest BCUT2D eigenvalue weighted by atomic mass is 19.4. The number of rotatable bonds is 3. The Kier molecular flexibility index (Phi) is 6.45. The number of alkyl halides is 3. The van der Waals surface area contributed by atoms with Gasteiger partial charge in [-0.25, -0.2) is 9.18 Å². The molecule has 1 unspecified atom stereocenters. The zero-order valence-electron chi connectivity index (χ0n) is 17.4. The molecule has 11 heteroatoms. The fraction of sp³-hybridized carbons (Fsp3) is 0.619. The summed E-state index contributed by atoms with van der Waals surface area (Å²) in [5.74, 6) is -1.37. The molecule has 3 aliphatic rings. The Balaban J connectivity index is 1.24. The number of morpholine rings is 1. The van der Waals surface area contributed by atoms with Crippen LogP contribution in [0.5, 0.6) is 5.75 Å². The highest BCUT2D eigenvalue weighted by molar-refractivity contribution is 5.79. The topological polar surface area (TPSA) is 71.1 Å². The number of hydrogen-bond acceptors (Lipinski definition) is 4. The molecule has 1 N–H and O–H groups in total. The van der Waals surface area contributed by atoms with Crippen molar-refractivity contribution in [2.24, 2.45) is 5.92 Å². The molecule has 0 radical (unpaired) electrons. The van der Waals surface area contributed by atoms with Gasteiger partial charge in [0, 0.05) is 26.2 Å². The highest BCUT2D eigenvalue weighted by Gasteiger charge is 2.38. The third kappa shape index (κ3) is 5.08. The maximum absolute atomic E-state index is 13.9. The number of hydrogen-bond donors (Lipinski definition) is 1. The van der Waals surface area contributed by atoms with E-state index in [4.69, 9.17) is 9.47 Å². The zero-order chi connectivity index (χ0) is 22.9. The first-order chi connectivity index (χ1) is 15.2. The number of likely N-dealkylation sites (tertiary alicyclic amines) is 2. The van der Waals surface area contributed by atoms with Crippen molar-refractivity contribution in [3.8, 4) is 5.75 Å². The number of nitrogens with one attached hydrogen (secondary N) is 1. The van der Waals surface area contributed by atoms with E-state index in [0.717, 1.165) is 12.1 Å². The molecule has 4 rings (SSSR count). The molecule has 7 nitrogen and oxygen atoms in total. The van der Waals surface area contributed by atoms with Gasteiger partial charge in [0.05, 0.1) is 24.3 Å². The Bertz CT molecular complexity index is 858. The molecule has 0 spiro atoms. The standard InChI is InChI=1S/C21H25F4N3O4/c22-15-9-14(21(23,24)25)1-2-17(15)31-11-13-3-6-27(7-4-13)20(30)28-8-5-18-16(10-28)26-19(29)12-32-18/h1-2,9,13,16,18H,3-8,10-12H2,(H,26,29)/t16-,18?/m1/s1. The maximum atomic E-state index is 13.9. The molecule has 3 fully saturated rings. The normalized spacial score (nSPS) is 24.7. The third-order valence-electron chi connectivity index (χ3n) is 6.21. The third-order valence-corrected chi connectivity index (χ3v) is 6.21. The van der Waals surface area contributed by atoms with Crippen molar-refractivity contribution in [2.45, 2.75) is 37.6 Å². The summed E-state index contributed by atoms with van der Waals surface area (Å²) < 4.78 is 62.8. The van der Waals surface area contributed by atoms with Crippen molar-refractivity contribution < 1.29 is 36.6 Å². The summed E-state index contributed by atoms with van der Waals surface area (Å²) >= 11 is 0. The molecule has 2 atom stereocenters. The molecule has 0 saturated carbocycles. The second-order valence-corrected chi connectivity index (χ2v) is 8.43. The van der Waals surface area contributed by atoms with Crippen molar-refractivity contribution in [3.63, 3.8) is 0 Å². The average Bonchev–Trinajstić information content (AvgIpc) is 2.77. The maximum Gasteiger partial charge on any atom is 0.416 e. The van der Waals surface area contributed by atoms with Crippen molar-refractivity contribution in [2.75, 3.05) is 39.4 Å². The minimum atomic E-state index is -4.61. The van der Waals surface area contributed by atoms with Gasteiger partial charge in [0.2, 0.25) is 5.91 Å². The molecule has 1 aromatic carbocycles. The lowest BCUT2D eigenvalue weighted by atomic mass is 9.97. The van der Waals surface area contributed by atoms with E-state index in [-0.39, 0.29) is 49.0 Å². The summed E-state index contributed by atoms with van der Waals surface area (Å²) in [6, 6.07) is 1.94. The van der Waals surface area contributed by atoms with Gasteiger partial charge in [0.15, 0.2) is 11.6 Å². The molecule has 0 aromatic heterocycles. The van der Waals surface area contributed by atoms with E-state index >= 15 is 0 Å². The van der Waals surface area contributed by atoms with Crippen molar-refractivity contribution in [1.82, 2.24) is 15.1 Å². The van der Waals surface area contributed by atoms with Crippen LogP contribution in [0.25, 0.3) is 0 Å². The number of piperidine rings is 2. The van der Waals surface area contributed by atoms with Crippen molar-refractivity contribution >= 4 is 11.9 Å². The molecular formula is C21H25F4N3O4. The minimum Gasteiger partial charge on any atom is -0.490 e. The SMILES string of the molecule is O=C1COC2CCN(C(=O)N3CCC(COc4ccc(C(F)(F)F)cc4F)CC3)C[C@H]2N1. The fourth-order valence-corrected chi connectivity index (χ4v) is 4.37. The Morgan fingerprint density at radius 2 is 1.88 bits per heavy atom. The lowest BCUT2D eigenvalue weighted by Gasteiger charge is -2.43. The van der Waals surface area contributed by atoms with Crippen LogP contribution in [0.1, 0.15) is 24.8 Å². The van der Waals surface area contributed by atoms with Crippen LogP contribution in [0.3, 0.4) is 0 Å². The summed E-state index contributed by atoms with van der Waals surface area (Å²) in [6.45, 7) is 2.21. The van der Waals surface area contributed by atoms with Crippen LogP contribution < -0.4 is 10.1 Å². The van der Waals surface area contributed by atoms with Crippen LogP contribution in [0.2, 0.25) is 0 Å². The monoisotopic (exact) mass is 459 g/mol. The number of urea groups is 1. The smallest absolute Gasteiger partial charge is 0.416 e. The average molecular weight is 459 g/mol. The number of carbonyl (C=O) groups excluding carboxylic acids is 2. The quantitative estimate of drug-likeness (QED) is 0.706. The van der Waals surface area contributed by atoms with E-state index in [1.807, 2.05) is 0 Å². The molecule has 0 aliphatic carbocycles. The van der Waals surface area contributed by atoms with Gasteiger partial charge in [0.1, 0.15) is 6.61 Å². The van der Waals surface area contributed by atoms with Gasteiger partial charge < -0.3 is 24.6 Å². The van der Waals surface area contributed by atoms with Crippen LogP contribution in [0.4, 0.5) is 22.4 Å². The Labute approximate surface area is 182 Å². The van der Waals surface area contributed by atoms with E-state index in [1.54, 1.807) is 9.80 Å². The van der Waals surface area contributed by atoms with E-state index in [2.05, 4.69) is 5.32 Å². The Morgan fingerprint density at radius 3 is 2.56 bits per heavy atom. The van der Waals surface area contributed by atoms with Gasteiger partial charge in [-0.3, -0.25) is 4.79 Å².